The fourth-order valence-electron chi connectivity index (χ4n) is 2.06. The summed E-state index contributed by atoms with van der Waals surface area (Å²) >= 11 is 0. The van der Waals surface area contributed by atoms with E-state index in [4.69, 9.17) is 5.11 Å². The monoisotopic (exact) mass is 273 g/mol. The number of anilines is 1. The number of aromatic carboxylic acids is 1. The van der Waals surface area contributed by atoms with Gasteiger partial charge in [-0.05, 0) is 42.3 Å². The van der Waals surface area contributed by atoms with Crippen LogP contribution in [0.3, 0.4) is 0 Å². The molecule has 0 atom stereocenters. The molecule has 0 unspecified atom stereocenters. The Morgan fingerprint density at radius 2 is 2.00 bits per heavy atom. The molecule has 0 radical (unpaired) electrons. The van der Waals surface area contributed by atoms with Gasteiger partial charge in [-0.25, -0.2) is 9.18 Å². The highest BCUT2D eigenvalue weighted by Gasteiger charge is 2.11. The van der Waals surface area contributed by atoms with Crippen molar-refractivity contribution in [1.29, 1.82) is 0 Å². The van der Waals surface area contributed by atoms with Gasteiger partial charge in [-0.2, -0.15) is 0 Å². The summed E-state index contributed by atoms with van der Waals surface area (Å²) in [5.41, 5.74) is 2.62. The lowest BCUT2D eigenvalue weighted by Gasteiger charge is -2.20. The van der Waals surface area contributed by atoms with Crippen LogP contribution in [0.1, 0.15) is 21.5 Å². The fraction of sp³-hybridized carbons (Fsp3) is 0.188. The van der Waals surface area contributed by atoms with Crippen LogP contribution in [-0.4, -0.2) is 18.1 Å². The average Bonchev–Trinajstić information content (AvgIpc) is 2.38. The van der Waals surface area contributed by atoms with E-state index in [2.05, 4.69) is 0 Å². The van der Waals surface area contributed by atoms with Gasteiger partial charge >= 0.3 is 5.97 Å². The molecule has 0 bridgehead atoms. The lowest BCUT2D eigenvalue weighted by molar-refractivity contribution is 0.0692. The van der Waals surface area contributed by atoms with E-state index in [0.717, 1.165) is 16.8 Å². The van der Waals surface area contributed by atoms with E-state index < -0.39 is 11.8 Å². The number of rotatable bonds is 4. The Kier molecular flexibility index (Phi) is 4.03. The van der Waals surface area contributed by atoms with Crippen LogP contribution in [0.15, 0.2) is 42.5 Å². The highest BCUT2D eigenvalue weighted by atomic mass is 19.1. The summed E-state index contributed by atoms with van der Waals surface area (Å²) < 4.78 is 13.6. The Morgan fingerprint density at radius 3 is 2.60 bits per heavy atom. The maximum absolute atomic E-state index is 13.6. The van der Waals surface area contributed by atoms with E-state index >= 15 is 0 Å². The van der Waals surface area contributed by atoms with Crippen molar-refractivity contribution >= 4 is 11.7 Å². The number of hydrogen-bond acceptors (Lipinski definition) is 2. The van der Waals surface area contributed by atoms with Crippen LogP contribution in [0.5, 0.6) is 0 Å². The molecule has 0 amide bonds. The smallest absolute Gasteiger partial charge is 0.338 e. The Balaban J connectivity index is 2.18. The van der Waals surface area contributed by atoms with Crippen molar-refractivity contribution < 1.29 is 14.3 Å². The lowest BCUT2D eigenvalue weighted by atomic mass is 10.1. The number of benzene rings is 2. The standard InChI is InChI=1S/C16H16FNO2/c1-11-4-3-5-13(8-11)18(2)10-12-6-7-14(16(19)20)15(17)9-12/h3-9H,10H2,1-2H3,(H,19,20). The van der Waals surface area contributed by atoms with Gasteiger partial charge in [0, 0.05) is 19.3 Å². The minimum Gasteiger partial charge on any atom is -0.478 e. The highest BCUT2D eigenvalue weighted by Crippen LogP contribution is 2.18. The quantitative estimate of drug-likeness (QED) is 0.927. The van der Waals surface area contributed by atoms with Crippen molar-refractivity contribution in [1.82, 2.24) is 0 Å². The molecule has 4 heteroatoms. The van der Waals surface area contributed by atoms with Crippen LogP contribution in [-0.2, 0) is 6.54 Å². The second-order valence-electron chi connectivity index (χ2n) is 4.81. The molecule has 104 valence electrons. The Hall–Kier alpha value is -2.36. The van der Waals surface area contributed by atoms with E-state index in [1.165, 1.54) is 12.1 Å². The summed E-state index contributed by atoms with van der Waals surface area (Å²) in [7, 11) is 1.91. The van der Waals surface area contributed by atoms with Gasteiger partial charge < -0.3 is 10.0 Å². The number of aryl methyl sites for hydroxylation is 1. The zero-order valence-corrected chi connectivity index (χ0v) is 11.4. The number of carboxylic acids is 1. The topological polar surface area (TPSA) is 40.5 Å². The normalized spacial score (nSPS) is 10.3. The minimum atomic E-state index is -1.25. The molecule has 0 aliphatic rings. The number of hydrogen-bond donors (Lipinski definition) is 1. The van der Waals surface area contributed by atoms with E-state index in [9.17, 15) is 9.18 Å². The summed E-state index contributed by atoms with van der Waals surface area (Å²) in [6.07, 6.45) is 0. The first-order valence-electron chi connectivity index (χ1n) is 6.27. The van der Waals surface area contributed by atoms with Crippen molar-refractivity contribution in [2.75, 3.05) is 11.9 Å². The SMILES string of the molecule is Cc1cccc(N(C)Cc2ccc(C(=O)O)c(F)c2)c1. The molecule has 1 N–H and O–H groups in total. The molecule has 0 saturated carbocycles. The third-order valence-electron chi connectivity index (χ3n) is 3.13. The first-order chi connectivity index (χ1) is 9.47. The second kappa shape index (κ2) is 5.74. The Bertz CT molecular complexity index is 640. The van der Waals surface area contributed by atoms with E-state index in [-0.39, 0.29) is 5.56 Å². The number of carboxylic acid groups (broad SMARTS) is 1. The molecule has 0 aliphatic carbocycles. The van der Waals surface area contributed by atoms with E-state index in [0.29, 0.717) is 6.54 Å². The number of nitrogens with zero attached hydrogens (tertiary/aromatic N) is 1. The van der Waals surface area contributed by atoms with E-state index in [1.54, 1.807) is 6.07 Å². The van der Waals surface area contributed by atoms with Crippen LogP contribution in [0.4, 0.5) is 10.1 Å². The maximum atomic E-state index is 13.6. The van der Waals surface area contributed by atoms with Crippen molar-refractivity contribution in [3.63, 3.8) is 0 Å². The van der Waals surface area contributed by atoms with Crippen LogP contribution in [0, 0.1) is 12.7 Å². The van der Waals surface area contributed by atoms with Crippen molar-refractivity contribution in [2.45, 2.75) is 13.5 Å². The molecule has 0 spiro atoms. The molecule has 3 nitrogen and oxygen atoms in total. The Labute approximate surface area is 117 Å². The van der Waals surface area contributed by atoms with Crippen LogP contribution in [0.2, 0.25) is 0 Å². The third kappa shape index (κ3) is 3.15. The van der Waals surface area contributed by atoms with Crippen LogP contribution >= 0.6 is 0 Å². The zero-order valence-electron chi connectivity index (χ0n) is 11.4. The summed E-state index contributed by atoms with van der Waals surface area (Å²) in [4.78, 5) is 12.8. The third-order valence-corrected chi connectivity index (χ3v) is 3.13. The van der Waals surface area contributed by atoms with Gasteiger partial charge in [0.1, 0.15) is 5.82 Å². The fourth-order valence-corrected chi connectivity index (χ4v) is 2.06. The first kappa shape index (κ1) is 14.1. The predicted octanol–water partition coefficient (Wildman–Crippen LogP) is 3.47. The van der Waals surface area contributed by atoms with Gasteiger partial charge in [-0.15, -0.1) is 0 Å². The van der Waals surface area contributed by atoms with Gasteiger partial charge in [0.05, 0.1) is 5.56 Å². The van der Waals surface area contributed by atoms with E-state index in [1.807, 2.05) is 43.1 Å². The van der Waals surface area contributed by atoms with Gasteiger partial charge in [0.25, 0.3) is 0 Å². The minimum absolute atomic E-state index is 0.299. The summed E-state index contributed by atoms with van der Waals surface area (Å²) in [6, 6.07) is 12.2. The molecular weight excluding hydrogens is 257 g/mol. The molecule has 2 aromatic rings. The highest BCUT2D eigenvalue weighted by molar-refractivity contribution is 5.87. The largest absolute Gasteiger partial charge is 0.478 e. The molecule has 0 fully saturated rings. The molecule has 0 aromatic heterocycles. The lowest BCUT2D eigenvalue weighted by Crippen LogP contribution is -2.16. The molecule has 2 aromatic carbocycles. The molecule has 0 aliphatic heterocycles. The van der Waals surface area contributed by atoms with Crippen molar-refractivity contribution in [3.05, 3.63) is 65.0 Å². The van der Waals surface area contributed by atoms with Crippen molar-refractivity contribution in [3.8, 4) is 0 Å². The Morgan fingerprint density at radius 1 is 1.25 bits per heavy atom. The van der Waals surface area contributed by atoms with Gasteiger partial charge in [0.2, 0.25) is 0 Å². The summed E-state index contributed by atoms with van der Waals surface area (Å²) in [5, 5.41) is 8.80. The zero-order chi connectivity index (χ0) is 14.7. The first-order valence-corrected chi connectivity index (χ1v) is 6.27. The number of carbonyl (C=O) groups is 1. The number of halogens is 1. The molecule has 20 heavy (non-hydrogen) atoms. The van der Waals surface area contributed by atoms with Crippen LogP contribution < -0.4 is 4.90 Å². The molecule has 2 rings (SSSR count). The molecule has 0 saturated heterocycles. The summed E-state index contributed by atoms with van der Waals surface area (Å²) in [6.45, 7) is 2.53. The van der Waals surface area contributed by atoms with Crippen LogP contribution in [0.25, 0.3) is 0 Å². The molecule has 0 heterocycles. The van der Waals surface area contributed by atoms with Gasteiger partial charge in [-0.3, -0.25) is 0 Å². The maximum Gasteiger partial charge on any atom is 0.338 e. The molecular formula is C16H16FNO2. The van der Waals surface area contributed by atoms with Gasteiger partial charge in [0.15, 0.2) is 0 Å². The predicted molar refractivity (Wildman–Crippen MR) is 76.6 cm³/mol. The second-order valence-corrected chi connectivity index (χ2v) is 4.81. The average molecular weight is 273 g/mol. The van der Waals surface area contributed by atoms with Crippen molar-refractivity contribution in [2.24, 2.45) is 0 Å². The summed E-state index contributed by atoms with van der Waals surface area (Å²) in [5.74, 6) is -1.95. The van der Waals surface area contributed by atoms with Gasteiger partial charge in [-0.1, -0.05) is 18.2 Å².